The van der Waals surface area contributed by atoms with Gasteiger partial charge in [-0.1, -0.05) is 20.8 Å². The zero-order valence-electron chi connectivity index (χ0n) is 19.2. The SMILES string of the molecule is CCN1CCC(c2cnc(-c3n[nH]c(-c4cc(C)c5ncnn5c4)c3C(C)C)nc2)CC1. The number of hydrogen-bond acceptors (Lipinski definition) is 6. The molecular formula is C24H30N8. The van der Waals surface area contributed by atoms with Crippen LogP contribution < -0.4 is 0 Å². The second-order valence-corrected chi connectivity index (χ2v) is 9.00. The molecular weight excluding hydrogens is 400 g/mol. The van der Waals surface area contributed by atoms with Crippen LogP contribution in [0.4, 0.5) is 0 Å². The van der Waals surface area contributed by atoms with Gasteiger partial charge < -0.3 is 4.90 Å². The lowest BCUT2D eigenvalue weighted by Gasteiger charge is -2.30. The molecule has 0 amide bonds. The van der Waals surface area contributed by atoms with Gasteiger partial charge in [-0.05, 0) is 68.4 Å². The Labute approximate surface area is 188 Å². The number of rotatable bonds is 5. The molecule has 0 spiro atoms. The zero-order valence-corrected chi connectivity index (χ0v) is 19.2. The van der Waals surface area contributed by atoms with Crippen molar-refractivity contribution in [2.24, 2.45) is 0 Å². The first-order valence-corrected chi connectivity index (χ1v) is 11.5. The summed E-state index contributed by atoms with van der Waals surface area (Å²) < 4.78 is 1.81. The van der Waals surface area contributed by atoms with E-state index in [4.69, 9.17) is 9.97 Å². The Morgan fingerprint density at radius 1 is 1.12 bits per heavy atom. The Morgan fingerprint density at radius 2 is 1.88 bits per heavy atom. The Balaban J connectivity index is 1.47. The van der Waals surface area contributed by atoms with Crippen LogP contribution >= 0.6 is 0 Å². The van der Waals surface area contributed by atoms with Gasteiger partial charge >= 0.3 is 0 Å². The van der Waals surface area contributed by atoms with Crippen LogP contribution in [0.1, 0.15) is 62.1 Å². The van der Waals surface area contributed by atoms with E-state index >= 15 is 0 Å². The highest BCUT2D eigenvalue weighted by molar-refractivity contribution is 5.73. The summed E-state index contributed by atoms with van der Waals surface area (Å²) >= 11 is 0. The highest BCUT2D eigenvalue weighted by atomic mass is 15.3. The molecule has 0 aromatic carbocycles. The van der Waals surface area contributed by atoms with Crippen molar-refractivity contribution in [2.75, 3.05) is 19.6 Å². The van der Waals surface area contributed by atoms with E-state index in [0.29, 0.717) is 11.7 Å². The Kier molecular flexibility index (Phi) is 5.46. The van der Waals surface area contributed by atoms with E-state index in [-0.39, 0.29) is 5.92 Å². The van der Waals surface area contributed by atoms with Gasteiger partial charge in [0.1, 0.15) is 12.0 Å². The van der Waals surface area contributed by atoms with Gasteiger partial charge in [0.15, 0.2) is 11.5 Å². The van der Waals surface area contributed by atoms with Crippen LogP contribution in [0, 0.1) is 6.92 Å². The van der Waals surface area contributed by atoms with E-state index in [1.54, 1.807) is 6.33 Å². The quantitative estimate of drug-likeness (QED) is 0.510. The molecule has 1 aliphatic heterocycles. The molecule has 0 bridgehead atoms. The van der Waals surface area contributed by atoms with Crippen LogP contribution in [-0.2, 0) is 0 Å². The third-order valence-electron chi connectivity index (χ3n) is 6.62. The number of likely N-dealkylation sites (tertiary alicyclic amines) is 1. The molecule has 0 atom stereocenters. The van der Waals surface area contributed by atoms with Crippen molar-refractivity contribution in [3.05, 3.63) is 47.7 Å². The summed E-state index contributed by atoms with van der Waals surface area (Å²) in [6.07, 6.45) is 9.91. The van der Waals surface area contributed by atoms with E-state index < -0.39 is 0 Å². The molecule has 4 aromatic rings. The van der Waals surface area contributed by atoms with Crippen LogP contribution in [0.2, 0.25) is 0 Å². The van der Waals surface area contributed by atoms with E-state index in [1.165, 1.54) is 18.4 Å². The summed E-state index contributed by atoms with van der Waals surface area (Å²) in [4.78, 5) is 16.3. The summed E-state index contributed by atoms with van der Waals surface area (Å²) in [7, 11) is 0. The molecule has 1 aliphatic rings. The molecule has 32 heavy (non-hydrogen) atoms. The maximum atomic E-state index is 4.74. The van der Waals surface area contributed by atoms with Gasteiger partial charge in [-0.25, -0.2) is 19.5 Å². The predicted molar refractivity (Wildman–Crippen MR) is 125 cm³/mol. The van der Waals surface area contributed by atoms with Crippen molar-refractivity contribution < 1.29 is 0 Å². The van der Waals surface area contributed by atoms with E-state index in [9.17, 15) is 0 Å². The largest absolute Gasteiger partial charge is 0.304 e. The van der Waals surface area contributed by atoms with Gasteiger partial charge in [0.25, 0.3) is 0 Å². The van der Waals surface area contributed by atoms with Crippen molar-refractivity contribution in [1.29, 1.82) is 0 Å². The number of nitrogens with one attached hydrogen (secondary N) is 1. The van der Waals surface area contributed by atoms with Gasteiger partial charge in [-0.3, -0.25) is 5.10 Å². The molecule has 1 saturated heterocycles. The summed E-state index contributed by atoms with van der Waals surface area (Å²) in [5, 5.41) is 12.2. The average Bonchev–Trinajstić information content (AvgIpc) is 3.47. The topological polar surface area (TPSA) is 87.9 Å². The average molecular weight is 431 g/mol. The first-order chi connectivity index (χ1) is 15.5. The van der Waals surface area contributed by atoms with Gasteiger partial charge in [0.2, 0.25) is 0 Å². The Hall–Kier alpha value is -3.13. The lowest BCUT2D eigenvalue weighted by molar-refractivity contribution is 0.222. The first kappa shape index (κ1) is 20.8. The van der Waals surface area contributed by atoms with Crippen LogP contribution in [0.3, 0.4) is 0 Å². The third-order valence-corrected chi connectivity index (χ3v) is 6.62. The Bertz CT molecular complexity index is 1210. The lowest BCUT2D eigenvalue weighted by atomic mass is 9.91. The monoisotopic (exact) mass is 430 g/mol. The van der Waals surface area contributed by atoms with Crippen molar-refractivity contribution in [2.45, 2.75) is 52.4 Å². The Morgan fingerprint density at radius 3 is 2.56 bits per heavy atom. The molecule has 0 aliphatic carbocycles. The highest BCUT2D eigenvalue weighted by Crippen LogP contribution is 2.35. The molecule has 166 valence electrons. The predicted octanol–water partition coefficient (Wildman–Crippen LogP) is 4.21. The summed E-state index contributed by atoms with van der Waals surface area (Å²) in [5.41, 5.74) is 7.12. The number of aryl methyl sites for hydroxylation is 1. The molecule has 8 nitrogen and oxygen atoms in total. The number of fused-ring (bicyclic) bond motifs is 1. The second-order valence-electron chi connectivity index (χ2n) is 9.00. The second kappa shape index (κ2) is 8.43. The number of nitrogens with zero attached hydrogens (tertiary/aromatic N) is 7. The van der Waals surface area contributed by atoms with Crippen molar-refractivity contribution >= 4 is 5.65 Å². The minimum Gasteiger partial charge on any atom is -0.304 e. The number of pyridine rings is 1. The smallest absolute Gasteiger partial charge is 0.180 e. The number of H-pyrrole nitrogens is 1. The number of aromatic amines is 1. The molecule has 1 fully saturated rings. The maximum Gasteiger partial charge on any atom is 0.180 e. The van der Waals surface area contributed by atoms with E-state index in [1.807, 2.05) is 30.0 Å². The lowest BCUT2D eigenvalue weighted by Crippen LogP contribution is -2.32. The summed E-state index contributed by atoms with van der Waals surface area (Å²) in [6.45, 7) is 12.1. The standard InChI is InChI=1S/C24H30N8/c1-5-31-8-6-17(7-9-31)19-11-25-23(26-12-19)22-20(15(2)3)21(29-30-22)18-10-16(4)24-27-14-28-32(24)13-18/h10-15,17H,5-9H2,1-4H3,(H,29,30). The fraction of sp³-hybridized carbons (Fsp3) is 0.458. The molecule has 1 N–H and O–H groups in total. The van der Waals surface area contributed by atoms with E-state index in [2.05, 4.69) is 52.0 Å². The normalized spacial score (nSPS) is 15.8. The van der Waals surface area contributed by atoms with Crippen molar-refractivity contribution in [3.8, 4) is 22.8 Å². The van der Waals surface area contributed by atoms with Crippen LogP contribution in [0.15, 0.2) is 31.0 Å². The molecule has 8 heteroatoms. The minimum atomic E-state index is 0.257. The zero-order chi connectivity index (χ0) is 22.2. The van der Waals surface area contributed by atoms with Crippen LogP contribution in [0.5, 0.6) is 0 Å². The minimum absolute atomic E-state index is 0.257. The van der Waals surface area contributed by atoms with Gasteiger partial charge in [0, 0.05) is 29.7 Å². The molecule has 0 unspecified atom stereocenters. The fourth-order valence-corrected chi connectivity index (χ4v) is 4.79. The van der Waals surface area contributed by atoms with Crippen molar-refractivity contribution in [1.82, 2.24) is 39.7 Å². The van der Waals surface area contributed by atoms with Gasteiger partial charge in [0.05, 0.1) is 5.69 Å². The van der Waals surface area contributed by atoms with Crippen LogP contribution in [0.25, 0.3) is 28.4 Å². The van der Waals surface area contributed by atoms with Crippen molar-refractivity contribution in [3.63, 3.8) is 0 Å². The number of aromatic nitrogens is 7. The summed E-state index contributed by atoms with van der Waals surface area (Å²) in [6, 6.07) is 2.12. The molecule has 0 saturated carbocycles. The number of hydrogen-bond donors (Lipinski definition) is 1. The number of piperidine rings is 1. The van der Waals surface area contributed by atoms with Gasteiger partial charge in [-0.15, -0.1) is 0 Å². The first-order valence-electron chi connectivity index (χ1n) is 11.5. The molecule has 0 radical (unpaired) electrons. The molecule has 5 heterocycles. The highest BCUT2D eigenvalue weighted by Gasteiger charge is 2.23. The van der Waals surface area contributed by atoms with Crippen LogP contribution in [-0.4, -0.2) is 59.3 Å². The van der Waals surface area contributed by atoms with Gasteiger partial charge in [-0.2, -0.15) is 10.2 Å². The fourth-order valence-electron chi connectivity index (χ4n) is 4.79. The molecule has 5 rings (SSSR count). The summed E-state index contributed by atoms with van der Waals surface area (Å²) in [5.74, 6) is 1.47. The maximum absolute atomic E-state index is 4.74. The van der Waals surface area contributed by atoms with E-state index in [0.717, 1.165) is 53.4 Å². The third kappa shape index (κ3) is 3.68. The molecule has 4 aromatic heterocycles.